The first kappa shape index (κ1) is 10.8. The zero-order valence-corrected chi connectivity index (χ0v) is 10.4. The molecule has 2 heterocycles. The van der Waals surface area contributed by atoms with E-state index in [4.69, 9.17) is 0 Å². The number of imidazole rings is 2. The van der Waals surface area contributed by atoms with E-state index >= 15 is 0 Å². The zero-order valence-electron chi connectivity index (χ0n) is 10.4. The lowest BCUT2D eigenvalue weighted by Gasteiger charge is -1.98. The highest BCUT2D eigenvalue weighted by atomic mass is 16.4. The summed E-state index contributed by atoms with van der Waals surface area (Å²) in [5, 5.41) is 9.36. The van der Waals surface area contributed by atoms with Crippen molar-refractivity contribution in [1.82, 2.24) is 14.0 Å². The van der Waals surface area contributed by atoms with Gasteiger partial charge in [-0.05, 0) is 25.5 Å². The maximum absolute atomic E-state index is 11.4. The topological polar surface area (TPSA) is 59.5 Å². The summed E-state index contributed by atoms with van der Waals surface area (Å²) in [6, 6.07) is 5.79. The summed E-state index contributed by atoms with van der Waals surface area (Å²) in [5.41, 5.74) is 3.72. The molecule has 0 saturated carbocycles. The normalized spacial score (nSPS) is 11.5. The summed E-state index contributed by atoms with van der Waals surface area (Å²) in [7, 11) is 1.83. The molecule has 0 aliphatic carbocycles. The second kappa shape index (κ2) is 3.35. The number of carboxylic acids is 1. The van der Waals surface area contributed by atoms with Crippen LogP contribution in [0.3, 0.4) is 0 Å². The molecule has 0 amide bonds. The molecule has 0 aliphatic rings. The molecule has 5 heteroatoms. The summed E-state index contributed by atoms with van der Waals surface area (Å²) in [6.07, 6.45) is 0. The van der Waals surface area contributed by atoms with Gasteiger partial charge in [0.25, 0.3) is 0 Å². The van der Waals surface area contributed by atoms with Crippen molar-refractivity contribution in [3.8, 4) is 0 Å². The average molecular weight is 243 g/mol. The van der Waals surface area contributed by atoms with E-state index in [9.17, 15) is 9.90 Å². The number of fused-ring (bicyclic) bond motifs is 3. The lowest BCUT2D eigenvalue weighted by Crippen LogP contribution is -2.03. The standard InChI is InChI=1S/C13H13N3O2/c1-7-5-4-6-9-10(7)14-13-15(3)8(2)11(12(17)18)16(9)13/h4-6H,1-3H3,(H,17,18). The number of para-hydroxylation sites is 1. The quantitative estimate of drug-likeness (QED) is 0.712. The molecular formula is C13H13N3O2. The van der Waals surface area contributed by atoms with Gasteiger partial charge < -0.3 is 9.67 Å². The number of carboxylic acid groups (broad SMARTS) is 1. The van der Waals surface area contributed by atoms with Crippen molar-refractivity contribution in [2.75, 3.05) is 0 Å². The van der Waals surface area contributed by atoms with Gasteiger partial charge in [0.15, 0.2) is 5.69 Å². The van der Waals surface area contributed by atoms with Crippen LogP contribution in [0, 0.1) is 13.8 Å². The lowest BCUT2D eigenvalue weighted by molar-refractivity contribution is 0.0688. The minimum absolute atomic E-state index is 0.278. The molecule has 92 valence electrons. The molecule has 1 aromatic carbocycles. The van der Waals surface area contributed by atoms with Gasteiger partial charge in [0.1, 0.15) is 0 Å². The van der Waals surface area contributed by atoms with E-state index in [1.807, 2.05) is 36.7 Å². The van der Waals surface area contributed by atoms with Gasteiger partial charge in [-0.15, -0.1) is 0 Å². The van der Waals surface area contributed by atoms with Gasteiger partial charge in [-0.2, -0.15) is 0 Å². The Bertz CT molecular complexity index is 796. The van der Waals surface area contributed by atoms with Crippen LogP contribution >= 0.6 is 0 Å². The third kappa shape index (κ3) is 1.16. The predicted molar refractivity (Wildman–Crippen MR) is 68.1 cm³/mol. The van der Waals surface area contributed by atoms with Crippen molar-refractivity contribution in [3.63, 3.8) is 0 Å². The monoisotopic (exact) mass is 243 g/mol. The second-order valence-corrected chi connectivity index (χ2v) is 4.49. The molecule has 18 heavy (non-hydrogen) atoms. The number of nitrogens with zero attached hydrogens (tertiary/aromatic N) is 3. The van der Waals surface area contributed by atoms with Gasteiger partial charge in [-0.25, -0.2) is 9.78 Å². The van der Waals surface area contributed by atoms with Crippen molar-refractivity contribution in [1.29, 1.82) is 0 Å². The van der Waals surface area contributed by atoms with Gasteiger partial charge in [-0.1, -0.05) is 12.1 Å². The molecule has 1 N–H and O–H groups in total. The van der Waals surface area contributed by atoms with E-state index in [1.54, 1.807) is 11.3 Å². The molecule has 0 unspecified atom stereocenters. The third-order valence-electron chi connectivity index (χ3n) is 3.44. The smallest absolute Gasteiger partial charge is 0.354 e. The van der Waals surface area contributed by atoms with Crippen LogP contribution in [0.15, 0.2) is 18.2 Å². The van der Waals surface area contributed by atoms with Gasteiger partial charge in [0, 0.05) is 12.7 Å². The summed E-state index contributed by atoms with van der Waals surface area (Å²) in [4.78, 5) is 16.0. The number of hydrogen-bond acceptors (Lipinski definition) is 2. The minimum Gasteiger partial charge on any atom is -0.477 e. The summed E-state index contributed by atoms with van der Waals surface area (Å²) < 4.78 is 3.52. The van der Waals surface area contributed by atoms with Gasteiger partial charge >= 0.3 is 5.97 Å². The summed E-state index contributed by atoms with van der Waals surface area (Å²) in [6.45, 7) is 3.77. The van der Waals surface area contributed by atoms with Crippen LogP contribution in [0.25, 0.3) is 16.8 Å². The molecule has 0 atom stereocenters. The zero-order chi connectivity index (χ0) is 13.0. The van der Waals surface area contributed by atoms with Crippen LogP contribution in [0.2, 0.25) is 0 Å². The van der Waals surface area contributed by atoms with Gasteiger partial charge in [-0.3, -0.25) is 4.40 Å². The number of carbonyl (C=O) groups is 1. The van der Waals surface area contributed by atoms with E-state index in [0.717, 1.165) is 16.6 Å². The minimum atomic E-state index is -0.932. The van der Waals surface area contributed by atoms with Crippen molar-refractivity contribution in [2.45, 2.75) is 13.8 Å². The predicted octanol–water partition coefficient (Wildman–Crippen LogP) is 2.14. The molecule has 0 fully saturated rings. The molecule has 0 bridgehead atoms. The Balaban J connectivity index is 2.62. The highest BCUT2D eigenvalue weighted by Crippen LogP contribution is 2.24. The highest BCUT2D eigenvalue weighted by Gasteiger charge is 2.21. The van der Waals surface area contributed by atoms with E-state index in [1.165, 1.54) is 0 Å². The van der Waals surface area contributed by atoms with Crippen molar-refractivity contribution in [3.05, 3.63) is 35.2 Å². The van der Waals surface area contributed by atoms with E-state index in [-0.39, 0.29) is 5.69 Å². The van der Waals surface area contributed by atoms with Crippen LogP contribution < -0.4 is 0 Å². The fraction of sp³-hybridized carbons (Fsp3) is 0.231. The molecule has 0 spiro atoms. The first-order valence-corrected chi connectivity index (χ1v) is 5.68. The van der Waals surface area contributed by atoms with E-state index in [2.05, 4.69) is 4.98 Å². The van der Waals surface area contributed by atoms with Gasteiger partial charge in [0.05, 0.1) is 11.0 Å². The Morgan fingerprint density at radius 3 is 2.72 bits per heavy atom. The molecular weight excluding hydrogens is 230 g/mol. The van der Waals surface area contributed by atoms with Crippen molar-refractivity contribution in [2.24, 2.45) is 7.05 Å². The molecule has 3 aromatic rings. The molecule has 5 nitrogen and oxygen atoms in total. The Hall–Kier alpha value is -2.30. The van der Waals surface area contributed by atoms with E-state index < -0.39 is 5.97 Å². The average Bonchev–Trinajstić information content (AvgIpc) is 2.79. The highest BCUT2D eigenvalue weighted by molar-refractivity contribution is 5.93. The first-order chi connectivity index (χ1) is 8.52. The number of aromatic carboxylic acids is 1. The number of hydrogen-bond donors (Lipinski definition) is 1. The summed E-state index contributed by atoms with van der Waals surface area (Å²) in [5.74, 6) is -0.270. The number of aryl methyl sites for hydroxylation is 2. The van der Waals surface area contributed by atoms with Gasteiger partial charge in [0.2, 0.25) is 5.78 Å². The molecule has 2 aromatic heterocycles. The summed E-state index contributed by atoms with van der Waals surface area (Å²) >= 11 is 0. The largest absolute Gasteiger partial charge is 0.477 e. The first-order valence-electron chi connectivity index (χ1n) is 5.68. The van der Waals surface area contributed by atoms with Crippen LogP contribution in [-0.2, 0) is 7.05 Å². The molecule has 3 rings (SSSR count). The van der Waals surface area contributed by atoms with Crippen LogP contribution in [0.5, 0.6) is 0 Å². The molecule has 0 aliphatic heterocycles. The Kier molecular flexibility index (Phi) is 2.02. The Morgan fingerprint density at radius 1 is 1.33 bits per heavy atom. The van der Waals surface area contributed by atoms with Crippen LogP contribution in [-0.4, -0.2) is 25.0 Å². The molecule has 0 radical (unpaired) electrons. The number of benzene rings is 1. The van der Waals surface area contributed by atoms with E-state index in [0.29, 0.717) is 11.5 Å². The van der Waals surface area contributed by atoms with Crippen LogP contribution in [0.4, 0.5) is 0 Å². The number of rotatable bonds is 1. The number of aromatic nitrogens is 3. The SMILES string of the molecule is Cc1cccc2c1nc1n(C)c(C)c(C(=O)O)n21. The van der Waals surface area contributed by atoms with Crippen LogP contribution in [0.1, 0.15) is 21.7 Å². The fourth-order valence-corrected chi connectivity index (χ4v) is 2.39. The van der Waals surface area contributed by atoms with Crippen molar-refractivity contribution >= 4 is 22.8 Å². The maximum atomic E-state index is 11.4. The Morgan fingerprint density at radius 2 is 2.06 bits per heavy atom. The Labute approximate surface area is 103 Å². The second-order valence-electron chi connectivity index (χ2n) is 4.49. The molecule has 0 saturated heterocycles. The van der Waals surface area contributed by atoms with Crippen molar-refractivity contribution < 1.29 is 9.90 Å². The lowest BCUT2D eigenvalue weighted by atomic mass is 10.2. The maximum Gasteiger partial charge on any atom is 0.354 e. The third-order valence-corrected chi connectivity index (χ3v) is 3.44. The fourth-order valence-electron chi connectivity index (χ4n) is 2.39.